The molecule has 74 valence electrons. The molecule has 0 aliphatic heterocycles. The van der Waals surface area contributed by atoms with Gasteiger partial charge < -0.3 is 4.57 Å². The molecule has 0 amide bonds. The van der Waals surface area contributed by atoms with Crippen LogP contribution in [0.4, 0.5) is 4.39 Å². The first kappa shape index (κ1) is 10.4. The van der Waals surface area contributed by atoms with Crippen molar-refractivity contribution in [2.45, 2.75) is 39.9 Å². The Morgan fingerprint density at radius 3 is 2.54 bits per heavy atom. The van der Waals surface area contributed by atoms with Gasteiger partial charge in [-0.15, -0.1) is 0 Å². The fraction of sp³-hybridized carbons (Fsp3) is 0.667. The van der Waals surface area contributed by atoms with Gasteiger partial charge in [-0.1, -0.05) is 18.3 Å². The molecule has 0 saturated carbocycles. The predicted octanol–water partition coefficient (Wildman–Crippen LogP) is 2.27. The Kier molecular flexibility index (Phi) is 3.25. The third-order valence-electron chi connectivity index (χ3n) is 2.20. The average molecular weight is 203 g/mol. The Morgan fingerprint density at radius 1 is 1.54 bits per heavy atom. The van der Waals surface area contributed by atoms with E-state index < -0.39 is 6.17 Å². The third kappa shape index (κ3) is 2.18. The topological polar surface area (TPSA) is 22.0 Å². The molecule has 1 aromatic rings. The van der Waals surface area contributed by atoms with Gasteiger partial charge in [0.05, 0.1) is 6.54 Å². The number of hydrogen-bond donors (Lipinski definition) is 0. The summed E-state index contributed by atoms with van der Waals surface area (Å²) in [5.41, 5.74) is 0.895. The molecule has 0 aliphatic rings. The van der Waals surface area contributed by atoms with Gasteiger partial charge in [-0.25, -0.2) is 4.39 Å². The Morgan fingerprint density at radius 2 is 2.15 bits per heavy atom. The van der Waals surface area contributed by atoms with Crippen LogP contribution < -0.4 is 4.87 Å². The number of aryl methyl sites for hydroxylation is 1. The van der Waals surface area contributed by atoms with Crippen LogP contribution in [0.15, 0.2) is 4.79 Å². The molecule has 1 heterocycles. The molecule has 0 saturated heterocycles. The molecule has 2 nitrogen and oxygen atoms in total. The lowest BCUT2D eigenvalue weighted by Crippen LogP contribution is -2.20. The highest BCUT2D eigenvalue weighted by molar-refractivity contribution is 7.09. The van der Waals surface area contributed by atoms with Crippen molar-refractivity contribution in [1.29, 1.82) is 0 Å². The molecule has 0 spiro atoms. The molecule has 13 heavy (non-hydrogen) atoms. The minimum atomic E-state index is -0.912. The summed E-state index contributed by atoms with van der Waals surface area (Å²) in [7, 11) is 0. The van der Waals surface area contributed by atoms with Crippen LogP contribution in [0.25, 0.3) is 0 Å². The second-order valence-corrected chi connectivity index (χ2v) is 4.29. The van der Waals surface area contributed by atoms with Crippen molar-refractivity contribution in [1.82, 2.24) is 4.57 Å². The van der Waals surface area contributed by atoms with Crippen LogP contribution in [0.1, 0.15) is 23.9 Å². The van der Waals surface area contributed by atoms with Gasteiger partial charge >= 0.3 is 4.87 Å². The monoisotopic (exact) mass is 203 g/mol. The van der Waals surface area contributed by atoms with E-state index in [1.807, 2.05) is 13.8 Å². The second-order valence-electron chi connectivity index (χ2n) is 3.13. The zero-order valence-corrected chi connectivity index (χ0v) is 8.95. The highest BCUT2D eigenvalue weighted by atomic mass is 32.1. The highest BCUT2D eigenvalue weighted by Gasteiger charge is 2.11. The average Bonchev–Trinajstić information content (AvgIpc) is 2.32. The van der Waals surface area contributed by atoms with Gasteiger partial charge in [0.1, 0.15) is 6.17 Å². The molecule has 0 N–H and O–H groups in total. The first-order valence-electron chi connectivity index (χ1n) is 4.37. The molecule has 1 unspecified atom stereocenters. The first-order valence-corrected chi connectivity index (χ1v) is 5.18. The van der Waals surface area contributed by atoms with Crippen molar-refractivity contribution in [2.75, 3.05) is 0 Å². The van der Waals surface area contributed by atoms with Crippen LogP contribution in [0.3, 0.4) is 0 Å². The van der Waals surface area contributed by atoms with Crippen molar-refractivity contribution >= 4 is 11.3 Å². The van der Waals surface area contributed by atoms with Crippen LogP contribution in [0, 0.1) is 13.8 Å². The van der Waals surface area contributed by atoms with Crippen molar-refractivity contribution in [3.05, 3.63) is 20.2 Å². The molecule has 1 rings (SSSR count). The van der Waals surface area contributed by atoms with Gasteiger partial charge in [0.15, 0.2) is 0 Å². The van der Waals surface area contributed by atoms with Crippen LogP contribution in [-0.4, -0.2) is 10.7 Å². The maximum Gasteiger partial charge on any atom is 0.307 e. The van der Waals surface area contributed by atoms with Crippen molar-refractivity contribution in [3.8, 4) is 0 Å². The Balaban J connectivity index is 2.94. The fourth-order valence-corrected chi connectivity index (χ4v) is 1.97. The molecule has 0 aromatic carbocycles. The molecular weight excluding hydrogens is 189 g/mol. The zero-order valence-electron chi connectivity index (χ0n) is 8.13. The lowest BCUT2D eigenvalue weighted by Gasteiger charge is -2.07. The molecule has 0 fully saturated rings. The molecule has 4 heteroatoms. The zero-order chi connectivity index (χ0) is 10.0. The van der Waals surface area contributed by atoms with Crippen molar-refractivity contribution < 1.29 is 4.39 Å². The normalized spacial score (nSPS) is 13.2. The fourth-order valence-electron chi connectivity index (χ4n) is 1.13. The summed E-state index contributed by atoms with van der Waals surface area (Å²) in [6.45, 7) is 5.72. The summed E-state index contributed by atoms with van der Waals surface area (Å²) in [6.07, 6.45) is -0.453. The van der Waals surface area contributed by atoms with Crippen LogP contribution in [0.5, 0.6) is 0 Å². The van der Waals surface area contributed by atoms with Gasteiger partial charge in [0.25, 0.3) is 0 Å². The molecule has 0 radical (unpaired) electrons. The predicted molar refractivity (Wildman–Crippen MR) is 53.2 cm³/mol. The summed E-state index contributed by atoms with van der Waals surface area (Å²) < 4.78 is 14.6. The van der Waals surface area contributed by atoms with E-state index in [-0.39, 0.29) is 11.4 Å². The third-order valence-corrected chi connectivity index (χ3v) is 3.20. The van der Waals surface area contributed by atoms with E-state index in [4.69, 9.17) is 0 Å². The number of alkyl halides is 1. The van der Waals surface area contributed by atoms with Gasteiger partial charge in [0.2, 0.25) is 0 Å². The lowest BCUT2D eigenvalue weighted by atomic mass is 10.3. The summed E-state index contributed by atoms with van der Waals surface area (Å²) in [5.74, 6) is 0. The van der Waals surface area contributed by atoms with Gasteiger partial charge in [-0.3, -0.25) is 4.79 Å². The maximum atomic E-state index is 13.0. The van der Waals surface area contributed by atoms with Crippen molar-refractivity contribution in [2.24, 2.45) is 0 Å². The summed E-state index contributed by atoms with van der Waals surface area (Å²) in [6, 6.07) is 0. The number of hydrogen-bond acceptors (Lipinski definition) is 2. The van der Waals surface area contributed by atoms with E-state index >= 15 is 0 Å². The Labute approximate surface area is 81.0 Å². The molecule has 0 bridgehead atoms. The largest absolute Gasteiger partial charge is 0.307 e. The van der Waals surface area contributed by atoms with Gasteiger partial charge in [-0.05, 0) is 20.3 Å². The van der Waals surface area contributed by atoms with Crippen LogP contribution in [-0.2, 0) is 6.54 Å². The van der Waals surface area contributed by atoms with Gasteiger partial charge in [-0.2, -0.15) is 0 Å². The SMILES string of the molecule is CCC(F)Cn1c(C)c(C)sc1=O. The van der Waals surface area contributed by atoms with E-state index in [9.17, 15) is 9.18 Å². The summed E-state index contributed by atoms with van der Waals surface area (Å²) in [4.78, 5) is 12.3. The summed E-state index contributed by atoms with van der Waals surface area (Å²) in [5, 5.41) is 0. The minimum Gasteiger partial charge on any atom is -0.300 e. The Bertz CT molecular complexity index is 342. The Hall–Kier alpha value is -0.640. The standard InChI is InChI=1S/C9H14FNOS/c1-4-8(10)5-11-6(2)7(3)13-9(11)12/h8H,4-5H2,1-3H3. The highest BCUT2D eigenvalue weighted by Crippen LogP contribution is 2.11. The quantitative estimate of drug-likeness (QED) is 0.738. The van der Waals surface area contributed by atoms with Crippen LogP contribution >= 0.6 is 11.3 Å². The van der Waals surface area contributed by atoms with E-state index in [2.05, 4.69) is 0 Å². The molecular formula is C9H14FNOS. The van der Waals surface area contributed by atoms with Gasteiger partial charge in [0, 0.05) is 10.6 Å². The minimum absolute atomic E-state index is 0.0499. The van der Waals surface area contributed by atoms with E-state index in [1.54, 1.807) is 6.92 Å². The molecule has 0 aliphatic carbocycles. The van der Waals surface area contributed by atoms with Crippen LogP contribution in [0.2, 0.25) is 0 Å². The first-order chi connectivity index (χ1) is 6.06. The smallest absolute Gasteiger partial charge is 0.300 e. The second kappa shape index (κ2) is 4.05. The number of thiazole rings is 1. The maximum absolute atomic E-state index is 13.0. The molecule has 1 atom stereocenters. The number of nitrogens with zero attached hydrogens (tertiary/aromatic N) is 1. The molecule has 1 aromatic heterocycles. The summed E-state index contributed by atoms with van der Waals surface area (Å²) >= 11 is 1.19. The van der Waals surface area contributed by atoms with E-state index in [1.165, 1.54) is 15.9 Å². The number of halogens is 1. The van der Waals surface area contributed by atoms with Crippen molar-refractivity contribution in [3.63, 3.8) is 0 Å². The lowest BCUT2D eigenvalue weighted by molar-refractivity contribution is 0.284. The van der Waals surface area contributed by atoms with E-state index in [0.717, 1.165) is 10.6 Å². The van der Waals surface area contributed by atoms with E-state index in [0.29, 0.717) is 6.42 Å². The number of aromatic nitrogens is 1. The number of rotatable bonds is 3.